The molecular formula is C12H19NO6. The number of hydrogen-bond acceptors (Lipinski definition) is 5. The monoisotopic (exact) mass is 273 g/mol. The van der Waals surface area contributed by atoms with Crippen molar-refractivity contribution < 1.29 is 30.0 Å². The number of amides is 1. The zero-order chi connectivity index (χ0) is 14.5. The Bertz CT molecular complexity index is 355. The van der Waals surface area contributed by atoms with Crippen LogP contribution in [0.5, 0.6) is 0 Å². The van der Waals surface area contributed by atoms with Crippen molar-refractivity contribution in [3.63, 3.8) is 0 Å². The van der Waals surface area contributed by atoms with Gasteiger partial charge in [0.1, 0.15) is 5.54 Å². The highest BCUT2D eigenvalue weighted by atomic mass is 16.4. The number of rotatable bonds is 6. The number of carboxylic acid groups (broad SMARTS) is 1. The van der Waals surface area contributed by atoms with Gasteiger partial charge in [0.15, 0.2) is 0 Å². The molecule has 2 atom stereocenters. The van der Waals surface area contributed by atoms with Gasteiger partial charge < -0.3 is 25.7 Å². The summed E-state index contributed by atoms with van der Waals surface area (Å²) < 4.78 is 0. The number of carboxylic acids is 1. The van der Waals surface area contributed by atoms with Crippen LogP contribution in [0.3, 0.4) is 0 Å². The average molecular weight is 273 g/mol. The molecule has 0 aromatic heterocycles. The van der Waals surface area contributed by atoms with E-state index in [0.29, 0.717) is 0 Å². The van der Waals surface area contributed by atoms with Crippen LogP contribution in [0.15, 0.2) is 12.2 Å². The van der Waals surface area contributed by atoms with Gasteiger partial charge in [0.2, 0.25) is 5.91 Å². The van der Waals surface area contributed by atoms with Gasteiger partial charge in [0.25, 0.3) is 0 Å². The molecule has 0 saturated heterocycles. The molecule has 108 valence electrons. The first-order valence-electron chi connectivity index (χ1n) is 6.02. The molecule has 1 amide bonds. The van der Waals surface area contributed by atoms with Crippen LogP contribution in [-0.4, -0.2) is 57.7 Å². The summed E-state index contributed by atoms with van der Waals surface area (Å²) in [5.74, 6) is -3.26. The second-order valence-corrected chi connectivity index (χ2v) is 4.74. The third-order valence-corrected chi connectivity index (χ3v) is 3.38. The van der Waals surface area contributed by atoms with Gasteiger partial charge in [-0.1, -0.05) is 12.2 Å². The van der Waals surface area contributed by atoms with Crippen LogP contribution in [-0.2, 0) is 9.59 Å². The molecule has 19 heavy (non-hydrogen) atoms. The van der Waals surface area contributed by atoms with Crippen molar-refractivity contribution in [2.45, 2.75) is 18.4 Å². The molecule has 1 aliphatic rings. The molecule has 1 rings (SSSR count). The van der Waals surface area contributed by atoms with Crippen LogP contribution >= 0.6 is 0 Å². The van der Waals surface area contributed by atoms with Crippen molar-refractivity contribution in [2.75, 3.05) is 19.8 Å². The minimum atomic E-state index is -1.53. The molecular weight excluding hydrogens is 254 g/mol. The predicted octanol–water partition coefficient (Wildman–Crippen LogP) is -1.51. The molecule has 7 heteroatoms. The standard InChI is InChI=1S/C12H19NO6/c14-5-12(6-15,7-16)13-10(17)8-3-1-2-4-9(8)11(18)19/h1-2,8-9,14-16H,3-7H2,(H,13,17)(H,18,19)/t8-,9+/m1/s1. The Morgan fingerprint density at radius 1 is 1.05 bits per heavy atom. The van der Waals surface area contributed by atoms with Gasteiger partial charge in [0, 0.05) is 0 Å². The fraction of sp³-hybridized carbons (Fsp3) is 0.667. The van der Waals surface area contributed by atoms with Crippen LogP contribution in [0.2, 0.25) is 0 Å². The molecule has 0 radical (unpaired) electrons. The summed E-state index contributed by atoms with van der Waals surface area (Å²) in [6.07, 6.45) is 3.97. The second kappa shape index (κ2) is 6.65. The number of aliphatic hydroxyl groups is 3. The summed E-state index contributed by atoms with van der Waals surface area (Å²) in [6.45, 7) is -1.90. The number of nitrogens with one attached hydrogen (secondary N) is 1. The molecule has 0 spiro atoms. The Morgan fingerprint density at radius 2 is 1.53 bits per heavy atom. The molecule has 0 unspecified atom stereocenters. The molecule has 0 fully saturated rings. The van der Waals surface area contributed by atoms with Crippen LogP contribution in [0.25, 0.3) is 0 Å². The predicted molar refractivity (Wildman–Crippen MR) is 65.1 cm³/mol. The van der Waals surface area contributed by atoms with Crippen molar-refractivity contribution in [1.82, 2.24) is 5.32 Å². The van der Waals surface area contributed by atoms with E-state index in [-0.39, 0.29) is 12.8 Å². The zero-order valence-corrected chi connectivity index (χ0v) is 10.5. The normalized spacial score (nSPS) is 23.1. The van der Waals surface area contributed by atoms with E-state index in [1.165, 1.54) is 0 Å². The second-order valence-electron chi connectivity index (χ2n) is 4.74. The lowest BCUT2D eigenvalue weighted by molar-refractivity contribution is -0.148. The molecule has 7 nitrogen and oxygen atoms in total. The van der Waals surface area contributed by atoms with Crippen LogP contribution < -0.4 is 5.32 Å². The van der Waals surface area contributed by atoms with Crippen molar-refractivity contribution in [2.24, 2.45) is 11.8 Å². The largest absolute Gasteiger partial charge is 0.481 e. The van der Waals surface area contributed by atoms with E-state index in [4.69, 9.17) is 20.4 Å². The van der Waals surface area contributed by atoms with Crippen LogP contribution in [0.1, 0.15) is 12.8 Å². The third kappa shape index (κ3) is 3.52. The first-order chi connectivity index (χ1) is 8.99. The summed E-state index contributed by atoms with van der Waals surface area (Å²) >= 11 is 0. The van der Waals surface area contributed by atoms with Gasteiger partial charge >= 0.3 is 5.97 Å². The molecule has 0 saturated carbocycles. The Hall–Kier alpha value is -1.44. The fourth-order valence-electron chi connectivity index (χ4n) is 2.00. The van der Waals surface area contributed by atoms with E-state index in [1.54, 1.807) is 12.2 Å². The number of allylic oxidation sites excluding steroid dienone is 2. The smallest absolute Gasteiger partial charge is 0.307 e. The van der Waals surface area contributed by atoms with Gasteiger partial charge in [-0.15, -0.1) is 0 Å². The fourth-order valence-corrected chi connectivity index (χ4v) is 2.00. The molecule has 0 aliphatic heterocycles. The van der Waals surface area contributed by atoms with E-state index in [9.17, 15) is 9.59 Å². The Labute approximate surface area is 110 Å². The van der Waals surface area contributed by atoms with E-state index in [0.717, 1.165) is 0 Å². The molecule has 5 N–H and O–H groups in total. The minimum absolute atomic E-state index is 0.262. The van der Waals surface area contributed by atoms with Crippen molar-refractivity contribution in [3.8, 4) is 0 Å². The average Bonchev–Trinajstić information content (AvgIpc) is 2.44. The number of aliphatic carboxylic acids is 1. The highest BCUT2D eigenvalue weighted by Gasteiger charge is 2.38. The van der Waals surface area contributed by atoms with Crippen LogP contribution in [0.4, 0.5) is 0 Å². The molecule has 0 heterocycles. The zero-order valence-electron chi connectivity index (χ0n) is 10.5. The maximum absolute atomic E-state index is 12.1. The topological polar surface area (TPSA) is 127 Å². The number of hydrogen-bond donors (Lipinski definition) is 5. The number of carbonyl (C=O) groups excluding carboxylic acids is 1. The minimum Gasteiger partial charge on any atom is -0.481 e. The lowest BCUT2D eigenvalue weighted by Gasteiger charge is -2.32. The Balaban J connectivity index is 2.81. The number of aliphatic hydroxyl groups excluding tert-OH is 3. The van der Waals surface area contributed by atoms with Gasteiger partial charge in [-0.05, 0) is 12.8 Å². The van der Waals surface area contributed by atoms with E-state index in [2.05, 4.69) is 5.32 Å². The molecule has 0 aromatic carbocycles. The van der Waals surface area contributed by atoms with Gasteiger partial charge in [-0.2, -0.15) is 0 Å². The van der Waals surface area contributed by atoms with Crippen molar-refractivity contribution in [1.29, 1.82) is 0 Å². The molecule has 1 aliphatic carbocycles. The molecule has 0 bridgehead atoms. The van der Waals surface area contributed by atoms with Crippen molar-refractivity contribution in [3.05, 3.63) is 12.2 Å². The maximum Gasteiger partial charge on any atom is 0.307 e. The summed E-state index contributed by atoms with van der Waals surface area (Å²) in [5, 5.41) is 38.8. The van der Waals surface area contributed by atoms with E-state index >= 15 is 0 Å². The highest BCUT2D eigenvalue weighted by molar-refractivity contribution is 5.85. The quantitative estimate of drug-likeness (QED) is 0.374. The number of carbonyl (C=O) groups is 2. The van der Waals surface area contributed by atoms with Crippen molar-refractivity contribution >= 4 is 11.9 Å². The Morgan fingerprint density at radius 3 is 1.95 bits per heavy atom. The molecule has 0 aromatic rings. The first kappa shape index (κ1) is 15.6. The maximum atomic E-state index is 12.1. The van der Waals surface area contributed by atoms with Gasteiger partial charge in [-0.25, -0.2) is 0 Å². The summed E-state index contributed by atoms with van der Waals surface area (Å²) in [4.78, 5) is 23.1. The highest BCUT2D eigenvalue weighted by Crippen LogP contribution is 2.26. The van der Waals surface area contributed by atoms with E-state index < -0.39 is 49.1 Å². The lowest BCUT2D eigenvalue weighted by Crippen LogP contribution is -2.59. The SMILES string of the molecule is O=C(O)[C@H]1CC=CC[C@H]1C(=O)NC(CO)(CO)CO. The van der Waals surface area contributed by atoms with Gasteiger partial charge in [0.05, 0.1) is 31.7 Å². The van der Waals surface area contributed by atoms with Crippen LogP contribution in [0, 0.1) is 11.8 Å². The Kier molecular flexibility index (Phi) is 5.46. The van der Waals surface area contributed by atoms with Gasteiger partial charge in [-0.3, -0.25) is 9.59 Å². The van der Waals surface area contributed by atoms with E-state index in [1.807, 2.05) is 0 Å². The summed E-state index contributed by atoms with van der Waals surface area (Å²) in [7, 11) is 0. The lowest BCUT2D eigenvalue weighted by atomic mass is 9.82. The summed E-state index contributed by atoms with van der Waals surface area (Å²) in [5.41, 5.74) is -1.53. The third-order valence-electron chi connectivity index (χ3n) is 3.38. The first-order valence-corrected chi connectivity index (χ1v) is 6.02. The summed E-state index contributed by atoms with van der Waals surface area (Å²) in [6, 6.07) is 0.